The van der Waals surface area contributed by atoms with E-state index in [1.807, 2.05) is 44.2 Å². The monoisotopic (exact) mass is 312 g/mol. The lowest BCUT2D eigenvalue weighted by Gasteiger charge is -2.12. The molecule has 23 heavy (non-hydrogen) atoms. The third-order valence-corrected chi connectivity index (χ3v) is 3.00. The van der Waals surface area contributed by atoms with Gasteiger partial charge in [0.2, 0.25) is 0 Å². The number of nitrogens with zero attached hydrogens (tertiary/aromatic N) is 1. The minimum Gasteiger partial charge on any atom is -0.496 e. The molecule has 2 rings (SSSR count). The fourth-order valence-electron chi connectivity index (χ4n) is 2.00. The highest BCUT2D eigenvalue weighted by Crippen LogP contribution is 2.19. The van der Waals surface area contributed by atoms with E-state index < -0.39 is 0 Å². The van der Waals surface area contributed by atoms with Crippen LogP contribution in [0.2, 0.25) is 0 Å². The molecule has 0 aliphatic heterocycles. The zero-order chi connectivity index (χ0) is 16.7. The number of carbonyl (C=O) groups is 1. The van der Waals surface area contributed by atoms with Gasteiger partial charge in [-0.05, 0) is 38.1 Å². The van der Waals surface area contributed by atoms with Gasteiger partial charge in [-0.25, -0.2) is 5.43 Å². The normalized spacial score (nSPS) is 10.8. The Morgan fingerprint density at radius 2 is 1.74 bits per heavy atom. The lowest BCUT2D eigenvalue weighted by molar-refractivity contribution is 0.0949. The number of methoxy groups -OCH3 is 1. The summed E-state index contributed by atoms with van der Waals surface area (Å²) in [7, 11) is 1.59. The molecule has 0 atom stereocenters. The maximum Gasteiger partial charge on any atom is 0.275 e. The number of hydrogen-bond acceptors (Lipinski definition) is 4. The number of amides is 1. The maximum atomic E-state index is 12.3. The van der Waals surface area contributed by atoms with Crippen molar-refractivity contribution in [2.24, 2.45) is 5.10 Å². The summed E-state index contributed by atoms with van der Waals surface area (Å²) in [4.78, 5) is 12.3. The van der Waals surface area contributed by atoms with E-state index in [4.69, 9.17) is 9.47 Å². The SMILES string of the molecule is COc1ccccc1/C=N\NC(=O)c1ccccc1OC(C)C. The molecule has 0 saturated carbocycles. The molecular formula is C18H20N2O3. The quantitative estimate of drug-likeness (QED) is 0.658. The summed E-state index contributed by atoms with van der Waals surface area (Å²) in [6, 6.07) is 14.5. The van der Waals surface area contributed by atoms with Crippen molar-refractivity contribution in [3.05, 3.63) is 59.7 Å². The second-order valence-corrected chi connectivity index (χ2v) is 5.10. The lowest BCUT2D eigenvalue weighted by Crippen LogP contribution is -2.19. The molecule has 5 nitrogen and oxygen atoms in total. The summed E-state index contributed by atoms with van der Waals surface area (Å²) in [6.45, 7) is 3.82. The van der Waals surface area contributed by atoms with E-state index >= 15 is 0 Å². The molecule has 0 bridgehead atoms. The first kappa shape index (κ1) is 16.5. The average Bonchev–Trinajstić information content (AvgIpc) is 2.55. The molecule has 0 aliphatic rings. The van der Waals surface area contributed by atoms with Crippen LogP contribution in [-0.2, 0) is 0 Å². The van der Waals surface area contributed by atoms with Crippen LogP contribution in [-0.4, -0.2) is 25.3 Å². The molecule has 1 N–H and O–H groups in total. The van der Waals surface area contributed by atoms with Crippen molar-refractivity contribution < 1.29 is 14.3 Å². The van der Waals surface area contributed by atoms with Crippen LogP contribution < -0.4 is 14.9 Å². The molecule has 1 amide bonds. The highest BCUT2D eigenvalue weighted by Gasteiger charge is 2.12. The summed E-state index contributed by atoms with van der Waals surface area (Å²) in [5.74, 6) is 0.897. The second kappa shape index (κ2) is 7.98. The summed E-state index contributed by atoms with van der Waals surface area (Å²) in [6.07, 6.45) is 1.53. The van der Waals surface area contributed by atoms with Gasteiger partial charge in [0.05, 0.1) is 25.0 Å². The molecule has 0 aromatic heterocycles. The van der Waals surface area contributed by atoms with Crippen LogP contribution in [0, 0.1) is 0 Å². The van der Waals surface area contributed by atoms with Gasteiger partial charge in [0.15, 0.2) is 0 Å². The Morgan fingerprint density at radius 1 is 1.09 bits per heavy atom. The molecule has 2 aromatic rings. The van der Waals surface area contributed by atoms with E-state index in [1.165, 1.54) is 0 Å². The number of carbonyl (C=O) groups excluding carboxylic acids is 1. The highest BCUT2D eigenvalue weighted by atomic mass is 16.5. The molecule has 0 spiro atoms. The smallest absolute Gasteiger partial charge is 0.275 e. The molecule has 5 heteroatoms. The van der Waals surface area contributed by atoms with E-state index in [9.17, 15) is 4.79 Å². The van der Waals surface area contributed by atoms with Gasteiger partial charge < -0.3 is 9.47 Å². The Kier molecular flexibility index (Phi) is 5.74. The third-order valence-electron chi connectivity index (χ3n) is 3.00. The fourth-order valence-corrected chi connectivity index (χ4v) is 2.00. The Labute approximate surface area is 135 Å². The van der Waals surface area contributed by atoms with Crippen LogP contribution in [0.15, 0.2) is 53.6 Å². The predicted octanol–water partition coefficient (Wildman–Crippen LogP) is 3.25. The predicted molar refractivity (Wildman–Crippen MR) is 90.3 cm³/mol. The topological polar surface area (TPSA) is 59.9 Å². The van der Waals surface area contributed by atoms with Crippen molar-refractivity contribution >= 4 is 12.1 Å². The van der Waals surface area contributed by atoms with Crippen LogP contribution in [0.5, 0.6) is 11.5 Å². The molecule has 0 unspecified atom stereocenters. The minimum absolute atomic E-state index is 0.0129. The first-order chi connectivity index (χ1) is 11.1. The number of rotatable bonds is 6. The second-order valence-electron chi connectivity index (χ2n) is 5.10. The van der Waals surface area contributed by atoms with Crippen LogP contribution in [0.4, 0.5) is 0 Å². The Bertz CT molecular complexity index is 696. The van der Waals surface area contributed by atoms with Crippen molar-refractivity contribution in [3.8, 4) is 11.5 Å². The first-order valence-electron chi connectivity index (χ1n) is 7.34. The van der Waals surface area contributed by atoms with Crippen molar-refractivity contribution in [1.82, 2.24) is 5.43 Å². The van der Waals surface area contributed by atoms with Gasteiger partial charge in [-0.15, -0.1) is 0 Å². The van der Waals surface area contributed by atoms with Gasteiger partial charge in [0.1, 0.15) is 11.5 Å². The molecule has 2 aromatic carbocycles. The number of hydrazone groups is 1. The molecule has 0 heterocycles. The number of ether oxygens (including phenoxy) is 2. The van der Waals surface area contributed by atoms with E-state index in [0.717, 1.165) is 5.56 Å². The fraction of sp³-hybridized carbons (Fsp3) is 0.222. The van der Waals surface area contributed by atoms with E-state index in [2.05, 4.69) is 10.5 Å². The Morgan fingerprint density at radius 3 is 2.43 bits per heavy atom. The van der Waals surface area contributed by atoms with Gasteiger partial charge in [-0.2, -0.15) is 5.10 Å². The van der Waals surface area contributed by atoms with E-state index in [1.54, 1.807) is 31.5 Å². The zero-order valence-electron chi connectivity index (χ0n) is 13.4. The number of benzene rings is 2. The summed E-state index contributed by atoms with van der Waals surface area (Å²) in [5, 5.41) is 3.99. The van der Waals surface area contributed by atoms with E-state index in [-0.39, 0.29) is 12.0 Å². The largest absolute Gasteiger partial charge is 0.496 e. The van der Waals surface area contributed by atoms with Crippen molar-refractivity contribution in [2.75, 3.05) is 7.11 Å². The molecule has 0 saturated heterocycles. The third kappa shape index (κ3) is 4.57. The Hall–Kier alpha value is -2.82. The molecule has 120 valence electrons. The summed E-state index contributed by atoms with van der Waals surface area (Å²) < 4.78 is 10.9. The van der Waals surface area contributed by atoms with Crippen LogP contribution in [0.1, 0.15) is 29.8 Å². The Balaban J connectivity index is 2.09. The van der Waals surface area contributed by atoms with Crippen molar-refractivity contribution in [2.45, 2.75) is 20.0 Å². The minimum atomic E-state index is -0.326. The number of nitrogens with one attached hydrogen (secondary N) is 1. The van der Waals surface area contributed by atoms with Crippen molar-refractivity contribution in [3.63, 3.8) is 0 Å². The lowest BCUT2D eigenvalue weighted by atomic mass is 10.2. The summed E-state index contributed by atoms with van der Waals surface area (Å²) in [5.41, 5.74) is 3.73. The van der Waals surface area contributed by atoms with Gasteiger partial charge in [-0.3, -0.25) is 4.79 Å². The maximum absolute atomic E-state index is 12.3. The van der Waals surface area contributed by atoms with Gasteiger partial charge >= 0.3 is 0 Å². The van der Waals surface area contributed by atoms with Gasteiger partial charge in [0, 0.05) is 5.56 Å². The molecule has 0 aliphatic carbocycles. The van der Waals surface area contributed by atoms with Crippen LogP contribution >= 0.6 is 0 Å². The molecule has 0 radical (unpaired) electrons. The van der Waals surface area contributed by atoms with Crippen LogP contribution in [0.25, 0.3) is 0 Å². The zero-order valence-corrected chi connectivity index (χ0v) is 13.4. The van der Waals surface area contributed by atoms with Crippen molar-refractivity contribution in [1.29, 1.82) is 0 Å². The number of hydrogen-bond donors (Lipinski definition) is 1. The van der Waals surface area contributed by atoms with Gasteiger partial charge in [-0.1, -0.05) is 24.3 Å². The molecular weight excluding hydrogens is 292 g/mol. The molecule has 0 fully saturated rings. The highest BCUT2D eigenvalue weighted by molar-refractivity contribution is 5.97. The average molecular weight is 312 g/mol. The van der Waals surface area contributed by atoms with E-state index in [0.29, 0.717) is 17.1 Å². The standard InChI is InChI=1S/C18H20N2O3/c1-13(2)23-17-11-7-5-9-15(17)18(21)20-19-12-14-8-4-6-10-16(14)22-3/h4-13H,1-3H3,(H,20,21)/b19-12-. The number of para-hydroxylation sites is 2. The first-order valence-corrected chi connectivity index (χ1v) is 7.34. The van der Waals surface area contributed by atoms with Gasteiger partial charge in [0.25, 0.3) is 5.91 Å². The summed E-state index contributed by atoms with van der Waals surface area (Å²) >= 11 is 0. The van der Waals surface area contributed by atoms with Crippen LogP contribution in [0.3, 0.4) is 0 Å².